The van der Waals surface area contributed by atoms with Gasteiger partial charge in [-0.25, -0.2) is 4.98 Å². The fourth-order valence-corrected chi connectivity index (χ4v) is 4.39. The highest BCUT2D eigenvalue weighted by Gasteiger charge is 2.25. The lowest BCUT2D eigenvalue weighted by Crippen LogP contribution is -2.49. The van der Waals surface area contributed by atoms with Crippen molar-refractivity contribution in [2.24, 2.45) is 0 Å². The van der Waals surface area contributed by atoms with Gasteiger partial charge in [0.25, 0.3) is 5.91 Å². The zero-order chi connectivity index (χ0) is 15.5. The highest BCUT2D eigenvalue weighted by molar-refractivity contribution is 7.22. The van der Waals surface area contributed by atoms with Crippen LogP contribution >= 0.6 is 22.7 Å². The summed E-state index contributed by atoms with van der Waals surface area (Å²) < 4.78 is 0. The van der Waals surface area contributed by atoms with Crippen LogP contribution in [0.4, 0.5) is 0 Å². The Morgan fingerprint density at radius 1 is 1.36 bits per heavy atom. The Labute approximate surface area is 137 Å². The zero-order valence-corrected chi connectivity index (χ0v) is 14.1. The summed E-state index contributed by atoms with van der Waals surface area (Å²) in [6, 6.07) is 4.03. The van der Waals surface area contributed by atoms with E-state index in [0.29, 0.717) is 19.6 Å². The van der Waals surface area contributed by atoms with Gasteiger partial charge in [-0.1, -0.05) is 6.07 Å². The average molecular weight is 337 g/mol. The number of rotatable bonds is 4. The van der Waals surface area contributed by atoms with E-state index in [1.165, 1.54) is 11.3 Å². The van der Waals surface area contributed by atoms with Crippen molar-refractivity contribution in [2.45, 2.75) is 6.92 Å². The number of thiazole rings is 1. The third-order valence-corrected chi connectivity index (χ3v) is 5.98. The number of aliphatic hydroxyl groups is 1. The number of aromatic nitrogens is 1. The number of carbonyl (C=O) groups excluding carboxylic acids is 1. The molecule has 0 aliphatic carbocycles. The maximum atomic E-state index is 12.7. The van der Waals surface area contributed by atoms with Crippen molar-refractivity contribution in [3.05, 3.63) is 28.1 Å². The minimum atomic E-state index is 0.0847. The molecule has 3 rings (SSSR count). The fraction of sp³-hybridized carbons (Fsp3) is 0.467. The number of aliphatic hydroxyl groups excluding tert-OH is 1. The molecule has 0 unspecified atom stereocenters. The van der Waals surface area contributed by atoms with Gasteiger partial charge in [-0.3, -0.25) is 9.69 Å². The van der Waals surface area contributed by atoms with Gasteiger partial charge in [0.2, 0.25) is 0 Å². The summed E-state index contributed by atoms with van der Waals surface area (Å²) in [6.45, 7) is 5.83. The molecule has 2 aromatic rings. The molecule has 5 nitrogen and oxygen atoms in total. The topological polar surface area (TPSA) is 56.7 Å². The lowest BCUT2D eigenvalue weighted by Gasteiger charge is -2.34. The van der Waals surface area contributed by atoms with Crippen LogP contribution in [0.5, 0.6) is 0 Å². The molecule has 1 saturated heterocycles. The summed E-state index contributed by atoms with van der Waals surface area (Å²) in [5.74, 6) is 0.0847. The SMILES string of the molecule is Cc1nc(-c2cccs2)sc1C(=O)N1CCN(CCO)CC1. The molecule has 1 N–H and O–H groups in total. The van der Waals surface area contributed by atoms with Crippen molar-refractivity contribution in [1.29, 1.82) is 0 Å². The van der Waals surface area contributed by atoms with E-state index in [0.717, 1.165) is 33.5 Å². The quantitative estimate of drug-likeness (QED) is 0.926. The number of thiophene rings is 1. The molecule has 0 spiro atoms. The van der Waals surface area contributed by atoms with Crippen molar-refractivity contribution in [1.82, 2.24) is 14.8 Å². The second-order valence-corrected chi connectivity index (χ2v) is 7.22. The third kappa shape index (κ3) is 3.22. The Morgan fingerprint density at radius 3 is 2.77 bits per heavy atom. The summed E-state index contributed by atoms with van der Waals surface area (Å²) in [7, 11) is 0. The minimum Gasteiger partial charge on any atom is -0.395 e. The largest absolute Gasteiger partial charge is 0.395 e. The molecule has 0 radical (unpaired) electrons. The molecule has 0 aromatic carbocycles. The summed E-state index contributed by atoms with van der Waals surface area (Å²) in [4.78, 5) is 23.2. The van der Waals surface area contributed by atoms with Crippen LogP contribution in [0.2, 0.25) is 0 Å². The maximum Gasteiger partial charge on any atom is 0.265 e. The highest BCUT2D eigenvalue weighted by atomic mass is 32.1. The lowest BCUT2D eigenvalue weighted by atomic mass is 10.2. The molecule has 0 bridgehead atoms. The molecule has 1 aliphatic heterocycles. The smallest absolute Gasteiger partial charge is 0.265 e. The molecule has 2 aromatic heterocycles. The van der Waals surface area contributed by atoms with E-state index in [-0.39, 0.29) is 12.5 Å². The van der Waals surface area contributed by atoms with Crippen LogP contribution in [-0.4, -0.2) is 65.1 Å². The van der Waals surface area contributed by atoms with Gasteiger partial charge in [0.1, 0.15) is 9.88 Å². The first-order valence-corrected chi connectivity index (χ1v) is 9.02. The van der Waals surface area contributed by atoms with E-state index in [1.807, 2.05) is 29.3 Å². The van der Waals surface area contributed by atoms with Crippen LogP contribution in [0.15, 0.2) is 17.5 Å². The standard InChI is InChI=1S/C15H19N3O2S2/c1-11-13(22-14(16-11)12-3-2-10-21-12)15(20)18-6-4-17(5-7-18)8-9-19/h2-3,10,19H,4-9H2,1H3. The second-order valence-electron chi connectivity index (χ2n) is 5.27. The molecule has 0 atom stereocenters. The summed E-state index contributed by atoms with van der Waals surface area (Å²) in [5.41, 5.74) is 0.816. The fourth-order valence-electron chi connectivity index (χ4n) is 2.56. The second kappa shape index (κ2) is 6.87. The van der Waals surface area contributed by atoms with Gasteiger partial charge in [-0.2, -0.15) is 0 Å². The van der Waals surface area contributed by atoms with Gasteiger partial charge in [-0.05, 0) is 18.4 Å². The molecule has 7 heteroatoms. The monoisotopic (exact) mass is 337 g/mol. The van der Waals surface area contributed by atoms with E-state index in [4.69, 9.17) is 5.11 Å². The Balaban J connectivity index is 1.71. The van der Waals surface area contributed by atoms with E-state index < -0.39 is 0 Å². The first-order valence-electron chi connectivity index (χ1n) is 7.33. The predicted molar refractivity (Wildman–Crippen MR) is 89.6 cm³/mol. The number of piperazine rings is 1. The number of hydrogen-bond donors (Lipinski definition) is 1. The van der Waals surface area contributed by atoms with Crippen LogP contribution in [0, 0.1) is 6.92 Å². The van der Waals surface area contributed by atoms with E-state index in [9.17, 15) is 4.79 Å². The predicted octanol–water partition coefficient (Wildman–Crippen LogP) is 1.93. The van der Waals surface area contributed by atoms with Crippen molar-refractivity contribution in [2.75, 3.05) is 39.3 Å². The van der Waals surface area contributed by atoms with Crippen LogP contribution in [0.1, 0.15) is 15.4 Å². The molecule has 1 fully saturated rings. The Morgan fingerprint density at radius 2 is 2.14 bits per heavy atom. The Bertz CT molecular complexity index is 631. The molecule has 118 valence electrons. The van der Waals surface area contributed by atoms with Crippen LogP contribution in [-0.2, 0) is 0 Å². The van der Waals surface area contributed by atoms with E-state index in [2.05, 4.69) is 9.88 Å². The first-order chi connectivity index (χ1) is 10.7. The van der Waals surface area contributed by atoms with Crippen LogP contribution < -0.4 is 0 Å². The number of carbonyl (C=O) groups is 1. The summed E-state index contributed by atoms with van der Waals surface area (Å²) in [6.07, 6.45) is 0. The lowest BCUT2D eigenvalue weighted by molar-refractivity contribution is 0.0618. The first kappa shape index (κ1) is 15.6. The normalized spacial score (nSPS) is 16.2. The molecule has 3 heterocycles. The van der Waals surface area contributed by atoms with Gasteiger partial charge in [0.05, 0.1) is 17.2 Å². The van der Waals surface area contributed by atoms with Crippen molar-refractivity contribution >= 4 is 28.6 Å². The molecule has 0 saturated carbocycles. The van der Waals surface area contributed by atoms with Crippen molar-refractivity contribution < 1.29 is 9.90 Å². The number of amides is 1. The van der Waals surface area contributed by atoms with Gasteiger partial charge < -0.3 is 10.0 Å². The molecule has 1 aliphatic rings. The van der Waals surface area contributed by atoms with Crippen molar-refractivity contribution in [3.8, 4) is 9.88 Å². The molecular formula is C15H19N3O2S2. The minimum absolute atomic E-state index is 0.0847. The molecular weight excluding hydrogens is 318 g/mol. The van der Waals surface area contributed by atoms with Crippen LogP contribution in [0.3, 0.4) is 0 Å². The van der Waals surface area contributed by atoms with Gasteiger partial charge in [-0.15, -0.1) is 22.7 Å². The highest BCUT2D eigenvalue weighted by Crippen LogP contribution is 2.31. The van der Waals surface area contributed by atoms with E-state index in [1.54, 1.807) is 11.3 Å². The number of β-amino-alcohol motifs (C(OH)–C–C–N with tert-alkyl or cyclic N) is 1. The maximum absolute atomic E-state index is 12.7. The van der Waals surface area contributed by atoms with E-state index >= 15 is 0 Å². The number of nitrogens with zero attached hydrogens (tertiary/aromatic N) is 3. The third-order valence-electron chi connectivity index (χ3n) is 3.80. The Kier molecular flexibility index (Phi) is 4.87. The zero-order valence-electron chi connectivity index (χ0n) is 12.5. The summed E-state index contributed by atoms with van der Waals surface area (Å²) >= 11 is 3.13. The van der Waals surface area contributed by atoms with Gasteiger partial charge in [0, 0.05) is 32.7 Å². The number of hydrogen-bond acceptors (Lipinski definition) is 6. The van der Waals surface area contributed by atoms with Crippen molar-refractivity contribution in [3.63, 3.8) is 0 Å². The van der Waals surface area contributed by atoms with Gasteiger partial charge in [0.15, 0.2) is 0 Å². The summed E-state index contributed by atoms with van der Waals surface area (Å²) in [5, 5.41) is 11.9. The van der Waals surface area contributed by atoms with Gasteiger partial charge >= 0.3 is 0 Å². The Hall–Kier alpha value is -1.28. The van der Waals surface area contributed by atoms with Crippen LogP contribution in [0.25, 0.3) is 9.88 Å². The molecule has 1 amide bonds. The molecule has 22 heavy (non-hydrogen) atoms. The average Bonchev–Trinajstić information content (AvgIpc) is 3.17. The number of aryl methyl sites for hydroxylation is 1.